The molecule has 0 N–H and O–H groups in total. The Balaban J connectivity index is 1.90. The van der Waals surface area contributed by atoms with Gasteiger partial charge in [-0.3, -0.25) is 9.59 Å². The van der Waals surface area contributed by atoms with E-state index in [-0.39, 0.29) is 10.9 Å². The monoisotopic (exact) mass is 318 g/mol. The topological polar surface area (TPSA) is 34.1 Å². The molecule has 0 saturated carbocycles. The van der Waals surface area contributed by atoms with Crippen LogP contribution in [-0.2, 0) is 0 Å². The van der Waals surface area contributed by atoms with Crippen molar-refractivity contribution in [1.29, 1.82) is 0 Å². The number of hydrogen-bond acceptors (Lipinski definition) is 3. The maximum Gasteiger partial charge on any atom is 0.224 e. The molecule has 112 valence electrons. The highest BCUT2D eigenvalue weighted by Crippen LogP contribution is 2.28. The van der Waals surface area contributed by atoms with Crippen molar-refractivity contribution in [2.45, 2.75) is 4.90 Å². The van der Waals surface area contributed by atoms with E-state index in [0.717, 1.165) is 11.8 Å². The molecule has 0 atom stereocenters. The van der Waals surface area contributed by atoms with Crippen molar-refractivity contribution in [2.24, 2.45) is 0 Å². The molecule has 0 aromatic heterocycles. The number of carbonyl (C=O) groups is 2. The molecule has 0 heterocycles. The standard InChI is InChI=1S/C20H14O2S/c21-19(15-9-3-1-4-10-15)17-13-7-8-14-18(17)23-20(22)16-11-5-2-6-12-16/h1-14H. The van der Waals surface area contributed by atoms with Gasteiger partial charge in [0.2, 0.25) is 5.12 Å². The molecular weight excluding hydrogens is 304 g/mol. The quantitative estimate of drug-likeness (QED) is 0.509. The Kier molecular flexibility index (Phi) is 4.69. The van der Waals surface area contributed by atoms with E-state index < -0.39 is 0 Å². The van der Waals surface area contributed by atoms with Gasteiger partial charge < -0.3 is 0 Å². The maximum atomic E-state index is 12.7. The lowest BCUT2D eigenvalue weighted by Gasteiger charge is -2.08. The zero-order valence-corrected chi connectivity index (χ0v) is 13.1. The van der Waals surface area contributed by atoms with Crippen LogP contribution in [0.25, 0.3) is 0 Å². The molecular formula is C20H14O2S. The predicted molar refractivity (Wildman–Crippen MR) is 92.9 cm³/mol. The van der Waals surface area contributed by atoms with Crippen molar-refractivity contribution >= 4 is 22.7 Å². The first-order chi connectivity index (χ1) is 11.3. The van der Waals surface area contributed by atoms with Crippen molar-refractivity contribution < 1.29 is 9.59 Å². The van der Waals surface area contributed by atoms with E-state index in [2.05, 4.69) is 0 Å². The van der Waals surface area contributed by atoms with E-state index in [9.17, 15) is 9.59 Å². The van der Waals surface area contributed by atoms with E-state index in [4.69, 9.17) is 0 Å². The highest BCUT2D eigenvalue weighted by molar-refractivity contribution is 8.14. The minimum absolute atomic E-state index is 0.0705. The van der Waals surface area contributed by atoms with Crippen LogP contribution in [0, 0.1) is 0 Å². The Morgan fingerprint density at radius 3 is 1.78 bits per heavy atom. The molecule has 0 amide bonds. The molecule has 0 bridgehead atoms. The fourth-order valence-corrected chi connectivity index (χ4v) is 3.09. The largest absolute Gasteiger partial charge is 0.289 e. The summed E-state index contributed by atoms with van der Waals surface area (Å²) in [7, 11) is 0. The molecule has 0 spiro atoms. The zero-order valence-electron chi connectivity index (χ0n) is 12.3. The van der Waals surface area contributed by atoms with Crippen LogP contribution in [0.2, 0.25) is 0 Å². The summed E-state index contributed by atoms with van der Waals surface area (Å²) in [5.74, 6) is -0.0745. The summed E-state index contributed by atoms with van der Waals surface area (Å²) in [6.45, 7) is 0. The third-order valence-electron chi connectivity index (χ3n) is 3.38. The molecule has 3 heteroatoms. The first kappa shape index (κ1) is 15.3. The van der Waals surface area contributed by atoms with E-state index in [1.165, 1.54) is 0 Å². The summed E-state index contributed by atoms with van der Waals surface area (Å²) >= 11 is 1.09. The normalized spacial score (nSPS) is 10.3. The molecule has 0 unspecified atom stereocenters. The van der Waals surface area contributed by atoms with Gasteiger partial charge in [-0.1, -0.05) is 72.8 Å². The highest BCUT2D eigenvalue weighted by Gasteiger charge is 2.16. The molecule has 0 saturated heterocycles. The van der Waals surface area contributed by atoms with Gasteiger partial charge in [0, 0.05) is 21.6 Å². The number of thioether (sulfide) groups is 1. The van der Waals surface area contributed by atoms with Gasteiger partial charge in [-0.15, -0.1) is 0 Å². The van der Waals surface area contributed by atoms with Gasteiger partial charge >= 0.3 is 0 Å². The lowest BCUT2D eigenvalue weighted by atomic mass is 10.0. The lowest BCUT2D eigenvalue weighted by Crippen LogP contribution is -2.04. The molecule has 23 heavy (non-hydrogen) atoms. The van der Waals surface area contributed by atoms with Crippen LogP contribution in [-0.4, -0.2) is 10.9 Å². The Morgan fingerprint density at radius 1 is 0.609 bits per heavy atom. The maximum absolute atomic E-state index is 12.7. The van der Waals surface area contributed by atoms with Crippen molar-refractivity contribution in [3.05, 3.63) is 102 Å². The Bertz CT molecular complexity index is 827. The fraction of sp³-hybridized carbons (Fsp3) is 0. The molecule has 0 aliphatic heterocycles. The van der Waals surface area contributed by atoms with Crippen LogP contribution >= 0.6 is 11.8 Å². The van der Waals surface area contributed by atoms with Crippen molar-refractivity contribution in [1.82, 2.24) is 0 Å². The molecule has 3 aromatic carbocycles. The second-order valence-electron chi connectivity index (χ2n) is 4.95. The summed E-state index contributed by atoms with van der Waals surface area (Å²) in [4.78, 5) is 25.7. The van der Waals surface area contributed by atoms with Crippen LogP contribution in [0.3, 0.4) is 0 Å². The van der Waals surface area contributed by atoms with Crippen molar-refractivity contribution in [3.63, 3.8) is 0 Å². The molecule has 3 aromatic rings. The van der Waals surface area contributed by atoms with Gasteiger partial charge in [-0.25, -0.2) is 0 Å². The van der Waals surface area contributed by atoms with Gasteiger partial charge in [0.05, 0.1) is 0 Å². The number of benzene rings is 3. The number of ketones is 1. The zero-order chi connectivity index (χ0) is 16.1. The first-order valence-electron chi connectivity index (χ1n) is 7.22. The first-order valence-corrected chi connectivity index (χ1v) is 8.03. The SMILES string of the molecule is O=C(Sc1ccccc1C(=O)c1ccccc1)c1ccccc1. The Morgan fingerprint density at radius 2 is 1.13 bits per heavy atom. The average molecular weight is 318 g/mol. The van der Waals surface area contributed by atoms with Gasteiger partial charge in [0.25, 0.3) is 0 Å². The summed E-state index contributed by atoms with van der Waals surface area (Å²) in [5, 5.41) is -0.0705. The third-order valence-corrected chi connectivity index (χ3v) is 4.38. The van der Waals surface area contributed by atoms with Crippen LogP contribution in [0.4, 0.5) is 0 Å². The molecule has 0 radical (unpaired) electrons. The van der Waals surface area contributed by atoms with Gasteiger partial charge in [-0.05, 0) is 23.9 Å². The van der Waals surface area contributed by atoms with Gasteiger partial charge in [0.1, 0.15) is 0 Å². The Hall–Kier alpha value is -2.65. The second-order valence-corrected chi connectivity index (χ2v) is 5.96. The lowest BCUT2D eigenvalue weighted by molar-refractivity contribution is 0.103. The van der Waals surface area contributed by atoms with E-state index in [1.807, 2.05) is 54.6 Å². The summed E-state index contributed by atoms with van der Waals surface area (Å²) in [6.07, 6.45) is 0. The number of carbonyl (C=O) groups excluding carboxylic acids is 2. The molecule has 3 rings (SSSR count). The smallest absolute Gasteiger partial charge is 0.224 e. The third kappa shape index (κ3) is 3.58. The summed E-state index contributed by atoms with van der Waals surface area (Å²) < 4.78 is 0. The average Bonchev–Trinajstić information content (AvgIpc) is 2.63. The van der Waals surface area contributed by atoms with E-state index in [0.29, 0.717) is 21.6 Å². The molecule has 2 nitrogen and oxygen atoms in total. The molecule has 0 aliphatic rings. The van der Waals surface area contributed by atoms with Crippen LogP contribution in [0.5, 0.6) is 0 Å². The molecule has 0 fully saturated rings. The summed E-state index contributed by atoms with van der Waals surface area (Å²) in [6, 6.07) is 25.4. The van der Waals surface area contributed by atoms with Crippen LogP contribution in [0.15, 0.2) is 89.8 Å². The number of rotatable bonds is 4. The van der Waals surface area contributed by atoms with Gasteiger partial charge in [0.15, 0.2) is 5.78 Å². The minimum atomic E-state index is -0.0745. The van der Waals surface area contributed by atoms with Crippen molar-refractivity contribution in [3.8, 4) is 0 Å². The Labute approximate surface area is 139 Å². The molecule has 0 aliphatic carbocycles. The highest BCUT2D eigenvalue weighted by atomic mass is 32.2. The number of hydrogen-bond donors (Lipinski definition) is 0. The van der Waals surface area contributed by atoms with Gasteiger partial charge in [-0.2, -0.15) is 0 Å². The second kappa shape index (κ2) is 7.07. The minimum Gasteiger partial charge on any atom is -0.289 e. The fourth-order valence-electron chi connectivity index (χ4n) is 2.22. The van der Waals surface area contributed by atoms with Crippen molar-refractivity contribution in [2.75, 3.05) is 0 Å². The summed E-state index contributed by atoms with van der Waals surface area (Å²) in [5.41, 5.74) is 1.79. The predicted octanol–water partition coefficient (Wildman–Crippen LogP) is 4.85. The van der Waals surface area contributed by atoms with E-state index >= 15 is 0 Å². The van der Waals surface area contributed by atoms with Crippen LogP contribution in [0.1, 0.15) is 26.3 Å². The van der Waals surface area contributed by atoms with Crippen LogP contribution < -0.4 is 0 Å². The van der Waals surface area contributed by atoms with E-state index in [1.54, 1.807) is 30.3 Å².